The van der Waals surface area contributed by atoms with E-state index in [-0.39, 0.29) is 0 Å². The Morgan fingerprint density at radius 2 is 1.77 bits per heavy atom. The minimum Gasteiger partial charge on any atom is -0.333 e. The normalized spacial score (nSPS) is 11.0. The molecule has 0 saturated heterocycles. The Balaban J connectivity index is 1.85. The Labute approximate surface area is 153 Å². The zero-order valence-electron chi connectivity index (χ0n) is 15.0. The minimum absolute atomic E-state index is 0.707. The molecular weight excluding hydrogens is 322 g/mol. The van der Waals surface area contributed by atoms with Crippen molar-refractivity contribution in [1.29, 1.82) is 0 Å². The number of nitrogens with zero attached hydrogens (tertiary/aromatic N) is 5. The summed E-state index contributed by atoms with van der Waals surface area (Å²) in [6, 6.07) is 16.4. The van der Waals surface area contributed by atoms with Gasteiger partial charge >= 0.3 is 0 Å². The Morgan fingerprint density at radius 1 is 0.923 bits per heavy atom. The SMILES string of the molecule is CCn1cncc1Cn1cnc(-c2ccccc2)c1-c1cccc(C)n1. The molecule has 0 unspecified atom stereocenters. The van der Waals surface area contributed by atoms with Gasteiger partial charge in [-0.2, -0.15) is 0 Å². The highest BCUT2D eigenvalue weighted by Crippen LogP contribution is 2.30. The lowest BCUT2D eigenvalue weighted by Gasteiger charge is -2.12. The average Bonchev–Trinajstić information content (AvgIpc) is 3.29. The van der Waals surface area contributed by atoms with Crippen LogP contribution in [0.4, 0.5) is 0 Å². The summed E-state index contributed by atoms with van der Waals surface area (Å²) in [5.74, 6) is 0. The second-order valence-corrected chi connectivity index (χ2v) is 6.27. The first-order valence-electron chi connectivity index (χ1n) is 8.80. The second kappa shape index (κ2) is 6.96. The highest BCUT2D eigenvalue weighted by Gasteiger charge is 2.17. The number of hydrogen-bond donors (Lipinski definition) is 0. The van der Waals surface area contributed by atoms with Crippen LogP contribution in [0.15, 0.2) is 67.4 Å². The van der Waals surface area contributed by atoms with Crippen LogP contribution in [-0.4, -0.2) is 24.1 Å². The summed E-state index contributed by atoms with van der Waals surface area (Å²) in [6.45, 7) is 5.74. The zero-order chi connectivity index (χ0) is 17.9. The highest BCUT2D eigenvalue weighted by atomic mass is 15.1. The number of imidazole rings is 2. The van der Waals surface area contributed by atoms with Crippen molar-refractivity contribution in [3.63, 3.8) is 0 Å². The fourth-order valence-corrected chi connectivity index (χ4v) is 3.19. The molecule has 0 amide bonds. The van der Waals surface area contributed by atoms with Crippen LogP contribution in [0, 0.1) is 6.92 Å². The van der Waals surface area contributed by atoms with E-state index in [0.717, 1.165) is 40.6 Å². The molecule has 130 valence electrons. The van der Waals surface area contributed by atoms with Crippen molar-refractivity contribution in [3.05, 3.63) is 78.8 Å². The van der Waals surface area contributed by atoms with E-state index in [0.29, 0.717) is 6.54 Å². The summed E-state index contributed by atoms with van der Waals surface area (Å²) in [5, 5.41) is 0. The van der Waals surface area contributed by atoms with E-state index in [2.05, 4.69) is 33.2 Å². The van der Waals surface area contributed by atoms with E-state index >= 15 is 0 Å². The van der Waals surface area contributed by atoms with E-state index in [1.54, 1.807) is 0 Å². The topological polar surface area (TPSA) is 48.5 Å². The average molecular weight is 343 g/mol. The molecule has 0 aliphatic rings. The monoisotopic (exact) mass is 343 g/mol. The lowest BCUT2D eigenvalue weighted by molar-refractivity contribution is 0.670. The van der Waals surface area contributed by atoms with Gasteiger partial charge in [0.05, 0.1) is 42.0 Å². The number of aryl methyl sites for hydroxylation is 2. The maximum absolute atomic E-state index is 4.75. The van der Waals surface area contributed by atoms with E-state index in [4.69, 9.17) is 9.97 Å². The summed E-state index contributed by atoms with van der Waals surface area (Å²) < 4.78 is 4.31. The maximum Gasteiger partial charge on any atom is 0.0979 e. The van der Waals surface area contributed by atoms with Crippen LogP contribution in [0.25, 0.3) is 22.6 Å². The number of benzene rings is 1. The summed E-state index contributed by atoms with van der Waals surface area (Å²) in [5.41, 5.74) is 6.15. The quantitative estimate of drug-likeness (QED) is 0.546. The first kappa shape index (κ1) is 16.3. The van der Waals surface area contributed by atoms with Gasteiger partial charge in [0.15, 0.2) is 0 Å². The van der Waals surface area contributed by atoms with Crippen molar-refractivity contribution < 1.29 is 0 Å². The van der Waals surface area contributed by atoms with Gasteiger partial charge in [-0.1, -0.05) is 36.4 Å². The molecule has 4 rings (SSSR count). The summed E-state index contributed by atoms with van der Waals surface area (Å²) >= 11 is 0. The third-order valence-corrected chi connectivity index (χ3v) is 4.49. The van der Waals surface area contributed by atoms with Crippen molar-refractivity contribution in [2.45, 2.75) is 26.9 Å². The van der Waals surface area contributed by atoms with Gasteiger partial charge in [-0.25, -0.2) is 9.97 Å². The van der Waals surface area contributed by atoms with Gasteiger partial charge in [0.25, 0.3) is 0 Å². The summed E-state index contributed by atoms with van der Waals surface area (Å²) in [4.78, 5) is 13.8. The Kier molecular flexibility index (Phi) is 4.35. The predicted molar refractivity (Wildman–Crippen MR) is 103 cm³/mol. The molecule has 1 aromatic carbocycles. The number of aromatic nitrogens is 5. The highest BCUT2D eigenvalue weighted by molar-refractivity contribution is 5.76. The van der Waals surface area contributed by atoms with E-state index in [1.165, 1.54) is 0 Å². The standard InChI is InChI=1S/C21H21N5/c1-3-25-14-22-12-18(25)13-26-15-23-20(17-9-5-4-6-10-17)21(26)19-11-7-8-16(2)24-19/h4-12,14-15H,3,13H2,1-2H3. The van der Waals surface area contributed by atoms with Crippen LogP contribution in [0.5, 0.6) is 0 Å². The fraction of sp³-hybridized carbons (Fsp3) is 0.190. The predicted octanol–water partition coefficient (Wildman–Crippen LogP) is 4.19. The molecular formula is C21H21N5. The van der Waals surface area contributed by atoms with Crippen molar-refractivity contribution in [3.8, 4) is 22.6 Å². The zero-order valence-corrected chi connectivity index (χ0v) is 15.0. The Bertz CT molecular complexity index is 1010. The van der Waals surface area contributed by atoms with Crippen LogP contribution in [0.3, 0.4) is 0 Å². The van der Waals surface area contributed by atoms with Crippen LogP contribution < -0.4 is 0 Å². The van der Waals surface area contributed by atoms with E-state index in [9.17, 15) is 0 Å². The summed E-state index contributed by atoms with van der Waals surface area (Å²) in [7, 11) is 0. The molecule has 0 atom stereocenters. The third-order valence-electron chi connectivity index (χ3n) is 4.49. The number of rotatable bonds is 5. The molecule has 5 heteroatoms. The first-order chi connectivity index (χ1) is 12.8. The molecule has 3 aromatic heterocycles. The third kappa shape index (κ3) is 3.04. The Hall–Kier alpha value is -3.21. The first-order valence-corrected chi connectivity index (χ1v) is 8.80. The minimum atomic E-state index is 0.707. The van der Waals surface area contributed by atoms with Gasteiger partial charge in [0.2, 0.25) is 0 Å². The van der Waals surface area contributed by atoms with Crippen molar-refractivity contribution >= 4 is 0 Å². The fourth-order valence-electron chi connectivity index (χ4n) is 3.19. The van der Waals surface area contributed by atoms with Crippen molar-refractivity contribution in [2.75, 3.05) is 0 Å². The van der Waals surface area contributed by atoms with Crippen LogP contribution >= 0.6 is 0 Å². The van der Waals surface area contributed by atoms with Crippen LogP contribution in [0.2, 0.25) is 0 Å². The van der Waals surface area contributed by atoms with Gasteiger partial charge in [-0.05, 0) is 26.0 Å². The van der Waals surface area contributed by atoms with Gasteiger partial charge in [-0.15, -0.1) is 0 Å². The molecule has 0 bridgehead atoms. The van der Waals surface area contributed by atoms with Crippen LogP contribution in [0.1, 0.15) is 18.3 Å². The number of pyridine rings is 1. The van der Waals surface area contributed by atoms with Gasteiger partial charge in [0, 0.05) is 24.0 Å². The van der Waals surface area contributed by atoms with Gasteiger partial charge < -0.3 is 9.13 Å². The molecule has 0 fully saturated rings. The van der Waals surface area contributed by atoms with Gasteiger partial charge in [0.1, 0.15) is 0 Å². The molecule has 5 nitrogen and oxygen atoms in total. The van der Waals surface area contributed by atoms with Gasteiger partial charge in [-0.3, -0.25) is 4.98 Å². The molecule has 0 N–H and O–H groups in total. The maximum atomic E-state index is 4.75. The van der Waals surface area contributed by atoms with E-state index < -0.39 is 0 Å². The lowest BCUT2D eigenvalue weighted by atomic mass is 10.1. The lowest BCUT2D eigenvalue weighted by Crippen LogP contribution is -2.07. The van der Waals surface area contributed by atoms with Crippen LogP contribution in [-0.2, 0) is 13.1 Å². The summed E-state index contributed by atoms with van der Waals surface area (Å²) in [6.07, 6.45) is 5.68. The molecule has 26 heavy (non-hydrogen) atoms. The van der Waals surface area contributed by atoms with Crippen molar-refractivity contribution in [2.24, 2.45) is 0 Å². The molecule has 0 saturated carbocycles. The molecule has 3 heterocycles. The molecule has 0 aliphatic heterocycles. The van der Waals surface area contributed by atoms with E-state index in [1.807, 2.05) is 62.2 Å². The molecule has 0 aliphatic carbocycles. The Morgan fingerprint density at radius 3 is 2.54 bits per heavy atom. The largest absolute Gasteiger partial charge is 0.333 e. The molecule has 4 aromatic rings. The van der Waals surface area contributed by atoms with Crippen molar-refractivity contribution in [1.82, 2.24) is 24.1 Å². The smallest absolute Gasteiger partial charge is 0.0979 e. The molecule has 0 radical (unpaired) electrons. The number of hydrogen-bond acceptors (Lipinski definition) is 3. The second-order valence-electron chi connectivity index (χ2n) is 6.27. The molecule has 0 spiro atoms.